The van der Waals surface area contributed by atoms with Gasteiger partial charge >= 0.3 is 6.16 Å². The van der Waals surface area contributed by atoms with Gasteiger partial charge in [0.15, 0.2) is 6.29 Å². The van der Waals surface area contributed by atoms with Crippen LogP contribution in [0.5, 0.6) is 5.75 Å². The Bertz CT molecular complexity index is 460. The van der Waals surface area contributed by atoms with Gasteiger partial charge in [-0.15, -0.1) is 0 Å². The van der Waals surface area contributed by atoms with E-state index in [0.29, 0.717) is 17.6 Å². The zero-order chi connectivity index (χ0) is 17.2. The van der Waals surface area contributed by atoms with Gasteiger partial charge in [-0.05, 0) is 39.8 Å². The van der Waals surface area contributed by atoms with Crippen LogP contribution in [0.2, 0.25) is 0 Å². The highest BCUT2D eigenvalue weighted by Crippen LogP contribution is 2.15. The summed E-state index contributed by atoms with van der Waals surface area (Å²) < 4.78 is 19.2. The molecule has 0 heterocycles. The van der Waals surface area contributed by atoms with Crippen LogP contribution in [-0.4, -0.2) is 38.6 Å². The van der Waals surface area contributed by atoms with E-state index >= 15 is 0 Å². The lowest BCUT2D eigenvalue weighted by Crippen LogP contribution is -2.25. The Morgan fingerprint density at radius 2 is 1.77 bits per heavy atom. The Hall–Kier alpha value is -1.92. The number of carbonyl (C=O) groups is 2. The summed E-state index contributed by atoms with van der Waals surface area (Å²) in [5.74, 6) is 0.291. The van der Waals surface area contributed by atoms with Crippen LogP contribution in [0.4, 0.5) is 4.79 Å². The van der Waals surface area contributed by atoms with E-state index in [9.17, 15) is 9.59 Å². The standard InChI is InChI=1S/C12H14O4.C4H10O2/c1-12(2,3)16-11(14)15-10-6-4-5-9(7-10)8-13;1-4(5-2)6-3/h4-8H,1-3H3;4H,1-3H3. The average Bonchev–Trinajstić information content (AvgIpc) is 2.45. The first-order valence-electron chi connectivity index (χ1n) is 6.73. The second kappa shape index (κ2) is 9.92. The topological polar surface area (TPSA) is 71.1 Å². The summed E-state index contributed by atoms with van der Waals surface area (Å²) in [4.78, 5) is 21.8. The Kier molecular flexibility index (Phi) is 9.05. The normalized spacial score (nSPS) is 10.5. The largest absolute Gasteiger partial charge is 0.514 e. The van der Waals surface area contributed by atoms with Crippen LogP contribution in [0.25, 0.3) is 0 Å². The van der Waals surface area contributed by atoms with Gasteiger partial charge in [-0.25, -0.2) is 4.79 Å². The zero-order valence-electron chi connectivity index (χ0n) is 13.9. The summed E-state index contributed by atoms with van der Waals surface area (Å²) in [5.41, 5.74) is -0.152. The first-order chi connectivity index (χ1) is 10.2. The molecule has 0 saturated heterocycles. The summed E-state index contributed by atoms with van der Waals surface area (Å²) in [6.45, 7) is 7.07. The number of ether oxygens (including phenoxy) is 4. The van der Waals surface area contributed by atoms with Crippen molar-refractivity contribution in [1.82, 2.24) is 0 Å². The molecule has 0 bridgehead atoms. The highest BCUT2D eigenvalue weighted by Gasteiger charge is 2.17. The van der Waals surface area contributed by atoms with Crippen LogP contribution in [-0.2, 0) is 14.2 Å². The number of carbonyl (C=O) groups excluding carboxylic acids is 2. The van der Waals surface area contributed by atoms with Gasteiger partial charge in [0.25, 0.3) is 0 Å². The molecule has 0 fully saturated rings. The van der Waals surface area contributed by atoms with Crippen molar-refractivity contribution in [3.8, 4) is 5.75 Å². The van der Waals surface area contributed by atoms with Crippen molar-refractivity contribution < 1.29 is 28.5 Å². The number of benzene rings is 1. The molecular formula is C16H24O6. The number of methoxy groups -OCH3 is 2. The van der Waals surface area contributed by atoms with Crippen LogP contribution in [0.15, 0.2) is 24.3 Å². The maximum Gasteiger partial charge on any atom is 0.514 e. The molecule has 22 heavy (non-hydrogen) atoms. The number of rotatable bonds is 4. The molecule has 6 heteroatoms. The quantitative estimate of drug-likeness (QED) is 0.367. The van der Waals surface area contributed by atoms with Gasteiger partial charge in [-0.3, -0.25) is 4.79 Å². The van der Waals surface area contributed by atoms with Crippen LogP contribution in [0.1, 0.15) is 38.1 Å². The van der Waals surface area contributed by atoms with E-state index < -0.39 is 11.8 Å². The summed E-state index contributed by atoms with van der Waals surface area (Å²) in [6, 6.07) is 6.30. The second-order valence-electron chi connectivity index (χ2n) is 5.30. The fourth-order valence-electron chi connectivity index (χ4n) is 1.11. The summed E-state index contributed by atoms with van der Waals surface area (Å²) in [7, 11) is 3.21. The number of hydrogen-bond acceptors (Lipinski definition) is 6. The highest BCUT2D eigenvalue weighted by atomic mass is 16.7. The minimum Gasteiger partial charge on any atom is -0.428 e. The fourth-order valence-corrected chi connectivity index (χ4v) is 1.11. The smallest absolute Gasteiger partial charge is 0.428 e. The van der Waals surface area contributed by atoms with E-state index in [2.05, 4.69) is 9.47 Å². The third kappa shape index (κ3) is 9.90. The highest BCUT2D eigenvalue weighted by molar-refractivity contribution is 5.76. The van der Waals surface area contributed by atoms with Gasteiger partial charge in [0.05, 0.1) is 0 Å². The number of aldehydes is 1. The van der Waals surface area contributed by atoms with Crippen molar-refractivity contribution in [2.24, 2.45) is 0 Å². The third-order valence-corrected chi connectivity index (χ3v) is 2.25. The van der Waals surface area contributed by atoms with Gasteiger partial charge in [0, 0.05) is 19.8 Å². The lowest BCUT2D eigenvalue weighted by molar-refractivity contribution is -0.0877. The lowest BCUT2D eigenvalue weighted by atomic mass is 10.2. The van der Waals surface area contributed by atoms with E-state index in [0.717, 1.165) is 0 Å². The molecule has 6 nitrogen and oxygen atoms in total. The molecule has 0 aliphatic rings. The molecule has 0 amide bonds. The van der Waals surface area contributed by atoms with Crippen LogP contribution < -0.4 is 4.74 Å². The maximum atomic E-state index is 11.3. The Balaban J connectivity index is 0.000000626. The van der Waals surface area contributed by atoms with Crippen molar-refractivity contribution in [2.45, 2.75) is 39.6 Å². The molecule has 0 unspecified atom stereocenters. The molecule has 0 N–H and O–H groups in total. The lowest BCUT2D eigenvalue weighted by Gasteiger charge is -2.18. The molecule has 124 valence electrons. The molecule has 0 aliphatic heterocycles. The number of hydrogen-bond donors (Lipinski definition) is 0. The van der Waals surface area contributed by atoms with Gasteiger partial charge in [0.1, 0.15) is 17.6 Å². The Labute approximate surface area is 131 Å². The van der Waals surface area contributed by atoms with E-state index in [-0.39, 0.29) is 6.29 Å². The maximum absolute atomic E-state index is 11.3. The summed E-state index contributed by atoms with van der Waals surface area (Å²) >= 11 is 0. The van der Waals surface area contributed by atoms with Crippen molar-refractivity contribution in [3.63, 3.8) is 0 Å². The molecule has 0 aliphatic carbocycles. The molecular weight excluding hydrogens is 288 g/mol. The summed E-state index contributed by atoms with van der Waals surface area (Å²) in [6.07, 6.45) is -0.164. The zero-order valence-corrected chi connectivity index (χ0v) is 13.9. The molecule has 1 aromatic carbocycles. The minimum atomic E-state index is -0.782. The molecule has 0 atom stereocenters. The molecule has 1 aromatic rings. The first-order valence-corrected chi connectivity index (χ1v) is 6.73. The fraction of sp³-hybridized carbons (Fsp3) is 0.500. The van der Waals surface area contributed by atoms with Crippen molar-refractivity contribution in [3.05, 3.63) is 29.8 Å². The third-order valence-electron chi connectivity index (χ3n) is 2.25. The van der Waals surface area contributed by atoms with E-state index in [1.54, 1.807) is 53.2 Å². The summed E-state index contributed by atoms with van der Waals surface area (Å²) in [5, 5.41) is 0. The predicted octanol–water partition coefficient (Wildman–Crippen LogP) is 3.44. The Morgan fingerprint density at radius 1 is 1.18 bits per heavy atom. The predicted molar refractivity (Wildman–Crippen MR) is 82.2 cm³/mol. The first kappa shape index (κ1) is 20.1. The van der Waals surface area contributed by atoms with Crippen LogP contribution >= 0.6 is 0 Å². The molecule has 0 aromatic heterocycles. The monoisotopic (exact) mass is 312 g/mol. The van der Waals surface area contributed by atoms with Crippen molar-refractivity contribution in [2.75, 3.05) is 14.2 Å². The van der Waals surface area contributed by atoms with Crippen LogP contribution in [0, 0.1) is 0 Å². The molecule has 0 saturated carbocycles. The van der Waals surface area contributed by atoms with Crippen LogP contribution in [0.3, 0.4) is 0 Å². The van der Waals surface area contributed by atoms with E-state index in [4.69, 9.17) is 9.47 Å². The SMILES string of the molecule is CC(C)(C)OC(=O)Oc1cccc(C=O)c1.COC(C)OC. The van der Waals surface area contributed by atoms with Gasteiger partial charge in [0.2, 0.25) is 0 Å². The van der Waals surface area contributed by atoms with Gasteiger partial charge in [-0.1, -0.05) is 12.1 Å². The average molecular weight is 312 g/mol. The molecule has 0 spiro atoms. The van der Waals surface area contributed by atoms with E-state index in [1.807, 2.05) is 6.92 Å². The van der Waals surface area contributed by atoms with Crippen molar-refractivity contribution >= 4 is 12.4 Å². The molecule has 1 rings (SSSR count). The molecule has 0 radical (unpaired) electrons. The second-order valence-corrected chi connectivity index (χ2v) is 5.30. The van der Waals surface area contributed by atoms with E-state index in [1.165, 1.54) is 6.07 Å². The van der Waals surface area contributed by atoms with Gasteiger partial charge in [-0.2, -0.15) is 0 Å². The van der Waals surface area contributed by atoms with Crippen molar-refractivity contribution in [1.29, 1.82) is 0 Å². The Morgan fingerprint density at radius 3 is 2.18 bits per heavy atom. The minimum absolute atomic E-state index is 0.0648. The van der Waals surface area contributed by atoms with Gasteiger partial charge < -0.3 is 18.9 Å².